The Kier molecular flexibility index (Phi) is 7.47. The van der Waals surface area contributed by atoms with Gasteiger partial charge in [0.25, 0.3) is 0 Å². The van der Waals surface area contributed by atoms with Crippen molar-refractivity contribution in [3.8, 4) is 17.2 Å². The van der Waals surface area contributed by atoms with Crippen molar-refractivity contribution in [3.63, 3.8) is 0 Å². The molecule has 0 spiro atoms. The molecule has 1 fully saturated rings. The molecule has 0 amide bonds. The Labute approximate surface area is 178 Å². The molecular formula is C22H25FO8. The molecule has 0 saturated carbocycles. The second-order valence-corrected chi connectivity index (χ2v) is 6.95. The van der Waals surface area contributed by atoms with Crippen LogP contribution in [0.1, 0.15) is 11.1 Å². The zero-order valence-electron chi connectivity index (χ0n) is 17.0. The first-order chi connectivity index (χ1) is 14.9. The van der Waals surface area contributed by atoms with E-state index in [1.807, 2.05) is 0 Å². The topological polar surface area (TPSA) is 118 Å². The average molecular weight is 436 g/mol. The number of ether oxygens (including phenoxy) is 4. The van der Waals surface area contributed by atoms with Crippen LogP contribution in [0.2, 0.25) is 0 Å². The summed E-state index contributed by atoms with van der Waals surface area (Å²) in [5.74, 6) is 0.546. The molecule has 0 radical (unpaired) electrons. The van der Waals surface area contributed by atoms with Crippen LogP contribution in [0, 0.1) is 5.82 Å². The Bertz CT molecular complexity index is 899. The van der Waals surface area contributed by atoms with Crippen molar-refractivity contribution in [1.82, 2.24) is 0 Å². The minimum Gasteiger partial charge on any atom is -0.497 e. The molecule has 31 heavy (non-hydrogen) atoms. The van der Waals surface area contributed by atoms with Gasteiger partial charge < -0.3 is 39.4 Å². The molecule has 9 heteroatoms. The van der Waals surface area contributed by atoms with Crippen molar-refractivity contribution in [2.45, 2.75) is 30.7 Å². The number of methoxy groups -OCH3 is 2. The van der Waals surface area contributed by atoms with Gasteiger partial charge in [0.15, 0.2) is 11.5 Å². The van der Waals surface area contributed by atoms with Gasteiger partial charge in [-0.2, -0.15) is 0 Å². The maximum Gasteiger partial charge on any atom is 0.229 e. The Balaban J connectivity index is 1.97. The summed E-state index contributed by atoms with van der Waals surface area (Å²) in [4.78, 5) is 0. The van der Waals surface area contributed by atoms with Crippen LogP contribution in [0.3, 0.4) is 0 Å². The Morgan fingerprint density at radius 2 is 1.68 bits per heavy atom. The van der Waals surface area contributed by atoms with E-state index in [1.54, 1.807) is 36.4 Å². The molecule has 1 saturated heterocycles. The molecular weight excluding hydrogens is 411 g/mol. The van der Waals surface area contributed by atoms with E-state index < -0.39 is 37.3 Å². The Hall–Kier alpha value is -2.69. The van der Waals surface area contributed by atoms with Gasteiger partial charge >= 0.3 is 0 Å². The molecule has 4 N–H and O–H groups in total. The molecule has 1 heterocycles. The van der Waals surface area contributed by atoms with Crippen LogP contribution in [0.15, 0.2) is 36.4 Å². The van der Waals surface area contributed by atoms with E-state index >= 15 is 0 Å². The van der Waals surface area contributed by atoms with E-state index in [2.05, 4.69) is 0 Å². The highest BCUT2D eigenvalue weighted by molar-refractivity contribution is 5.75. The fourth-order valence-electron chi connectivity index (χ4n) is 3.16. The zero-order valence-corrected chi connectivity index (χ0v) is 17.0. The number of hydrogen-bond donors (Lipinski definition) is 4. The standard InChI is InChI=1S/C22H25FO8/c1-28-15-9-13(6-3-12-4-7-14(23)8-5-12)21(16(10-15)29-2)31-22-20(27)19(26)18(25)17(11-24)30-22/h3-10,17-20,22,24-27H,11H2,1-2H3/b6-3+/t17-,18-,19+,20-,22+/m1/s1. The van der Waals surface area contributed by atoms with E-state index in [-0.39, 0.29) is 17.3 Å². The summed E-state index contributed by atoms with van der Waals surface area (Å²) < 4.78 is 35.1. The highest BCUT2D eigenvalue weighted by atomic mass is 19.1. The highest BCUT2D eigenvalue weighted by Gasteiger charge is 2.45. The maximum atomic E-state index is 13.2. The fraction of sp³-hybridized carbons (Fsp3) is 0.364. The molecule has 1 aliphatic heterocycles. The third-order valence-electron chi connectivity index (χ3n) is 4.92. The lowest BCUT2D eigenvalue weighted by atomic mass is 9.99. The van der Waals surface area contributed by atoms with Gasteiger partial charge in [-0.1, -0.05) is 24.3 Å². The predicted octanol–water partition coefficient (Wildman–Crippen LogP) is 1.19. The van der Waals surface area contributed by atoms with Crippen molar-refractivity contribution in [3.05, 3.63) is 53.3 Å². The lowest BCUT2D eigenvalue weighted by Crippen LogP contribution is -2.60. The van der Waals surface area contributed by atoms with Crippen LogP contribution in [0.4, 0.5) is 4.39 Å². The highest BCUT2D eigenvalue weighted by Crippen LogP contribution is 2.39. The molecule has 1 aliphatic rings. The Morgan fingerprint density at radius 1 is 0.968 bits per heavy atom. The first kappa shape index (κ1) is 23.0. The number of halogens is 1. The van der Waals surface area contributed by atoms with E-state index in [9.17, 15) is 24.8 Å². The smallest absolute Gasteiger partial charge is 0.229 e. The SMILES string of the molecule is COc1cc(/C=C/c2ccc(F)cc2)c(O[C@@H]2O[C@H](CO)[C@@H](O)[C@H](O)[C@H]2O)c(OC)c1. The van der Waals surface area contributed by atoms with E-state index in [0.717, 1.165) is 5.56 Å². The van der Waals surface area contributed by atoms with Crippen molar-refractivity contribution >= 4 is 12.2 Å². The summed E-state index contributed by atoms with van der Waals surface area (Å²) in [6.45, 7) is -0.581. The summed E-state index contributed by atoms with van der Waals surface area (Å²) in [6.07, 6.45) is -3.79. The largest absolute Gasteiger partial charge is 0.497 e. The third-order valence-corrected chi connectivity index (χ3v) is 4.92. The van der Waals surface area contributed by atoms with Crippen LogP contribution < -0.4 is 14.2 Å². The minimum atomic E-state index is -1.58. The minimum absolute atomic E-state index is 0.172. The molecule has 5 atom stereocenters. The van der Waals surface area contributed by atoms with E-state index in [1.165, 1.54) is 26.4 Å². The molecule has 0 unspecified atom stereocenters. The van der Waals surface area contributed by atoms with Gasteiger partial charge in [-0.15, -0.1) is 0 Å². The second kappa shape index (κ2) is 10.1. The van der Waals surface area contributed by atoms with Gasteiger partial charge in [0.05, 0.1) is 20.8 Å². The van der Waals surface area contributed by atoms with Crippen LogP contribution >= 0.6 is 0 Å². The predicted molar refractivity (Wildman–Crippen MR) is 109 cm³/mol. The third kappa shape index (κ3) is 5.15. The van der Waals surface area contributed by atoms with Crippen molar-refractivity contribution in [2.75, 3.05) is 20.8 Å². The Morgan fingerprint density at radius 3 is 2.29 bits per heavy atom. The first-order valence-corrected chi connectivity index (χ1v) is 9.54. The molecule has 0 aromatic heterocycles. The monoisotopic (exact) mass is 436 g/mol. The van der Waals surface area contributed by atoms with Gasteiger partial charge in [0, 0.05) is 11.6 Å². The number of rotatable bonds is 7. The fourth-order valence-corrected chi connectivity index (χ4v) is 3.16. The molecule has 2 aromatic rings. The van der Waals surface area contributed by atoms with Gasteiger partial charge in [-0.3, -0.25) is 0 Å². The summed E-state index contributed by atoms with van der Waals surface area (Å²) in [6, 6.07) is 9.08. The molecule has 168 valence electrons. The van der Waals surface area contributed by atoms with Crippen LogP contribution in [-0.4, -0.2) is 72.0 Å². The second-order valence-electron chi connectivity index (χ2n) is 6.95. The quantitative estimate of drug-likeness (QED) is 0.478. The van der Waals surface area contributed by atoms with Gasteiger partial charge in [0.1, 0.15) is 36.0 Å². The average Bonchev–Trinajstić information content (AvgIpc) is 2.79. The van der Waals surface area contributed by atoms with Gasteiger partial charge in [0.2, 0.25) is 6.29 Å². The van der Waals surface area contributed by atoms with Crippen LogP contribution in [-0.2, 0) is 4.74 Å². The maximum absolute atomic E-state index is 13.2. The molecule has 2 aromatic carbocycles. The summed E-state index contributed by atoms with van der Waals surface area (Å²) in [7, 11) is 2.91. The van der Waals surface area contributed by atoms with Crippen molar-refractivity contribution in [2.24, 2.45) is 0 Å². The lowest BCUT2D eigenvalue weighted by Gasteiger charge is -2.39. The van der Waals surface area contributed by atoms with Crippen molar-refractivity contribution in [1.29, 1.82) is 0 Å². The van der Waals surface area contributed by atoms with Gasteiger partial charge in [-0.25, -0.2) is 4.39 Å². The normalized spacial score (nSPS) is 26.1. The van der Waals surface area contributed by atoms with E-state index in [4.69, 9.17) is 18.9 Å². The first-order valence-electron chi connectivity index (χ1n) is 9.54. The number of aliphatic hydroxyl groups excluding tert-OH is 4. The summed E-state index contributed by atoms with van der Waals surface area (Å²) in [5.41, 5.74) is 1.21. The molecule has 0 bridgehead atoms. The summed E-state index contributed by atoms with van der Waals surface area (Å²) in [5, 5.41) is 39.7. The summed E-state index contributed by atoms with van der Waals surface area (Å²) >= 11 is 0. The molecule has 3 rings (SSSR count). The zero-order chi connectivity index (χ0) is 22.5. The molecule has 8 nitrogen and oxygen atoms in total. The van der Waals surface area contributed by atoms with Gasteiger partial charge in [-0.05, 0) is 23.8 Å². The van der Waals surface area contributed by atoms with Crippen LogP contribution in [0.5, 0.6) is 17.2 Å². The van der Waals surface area contributed by atoms with Crippen LogP contribution in [0.25, 0.3) is 12.2 Å². The molecule has 0 aliphatic carbocycles. The number of aliphatic hydroxyl groups is 4. The lowest BCUT2D eigenvalue weighted by molar-refractivity contribution is -0.277. The number of benzene rings is 2. The number of hydrogen-bond acceptors (Lipinski definition) is 8. The van der Waals surface area contributed by atoms with E-state index in [0.29, 0.717) is 11.3 Å². The van der Waals surface area contributed by atoms with Crippen molar-refractivity contribution < 1.29 is 43.8 Å².